The minimum atomic E-state index is -4.40. The molecule has 0 aliphatic heterocycles. The normalized spacial score (nSPS) is 15.1. The highest BCUT2D eigenvalue weighted by Crippen LogP contribution is 2.43. The molecule has 0 rings (SSSR count). The number of hydrogen-bond acceptors (Lipinski definition) is 7. The molecule has 0 saturated heterocycles. The van der Waals surface area contributed by atoms with Crippen LogP contribution in [0, 0.1) is 0 Å². The maximum absolute atomic E-state index is 12.7. The number of unbranched alkanes of at least 4 members (excludes halogenated alkanes) is 22. The molecule has 4 atom stereocenters. The largest absolute Gasteiger partial charge is 0.472 e. The van der Waals surface area contributed by atoms with Gasteiger partial charge >= 0.3 is 7.82 Å². The number of carbonyl (C=O) groups is 1. The number of rotatable bonds is 37. The van der Waals surface area contributed by atoms with E-state index in [4.69, 9.17) is 14.8 Å². The Hall–Kier alpha value is -1.06. The first-order chi connectivity index (χ1) is 23.8. The molecule has 290 valence electrons. The summed E-state index contributed by atoms with van der Waals surface area (Å²) in [7, 11) is -4.40. The third-order valence-electron chi connectivity index (χ3n) is 8.83. The van der Waals surface area contributed by atoms with Gasteiger partial charge in [-0.1, -0.05) is 167 Å². The maximum Gasteiger partial charge on any atom is 0.472 e. The molecule has 49 heavy (non-hydrogen) atoms. The molecule has 0 fully saturated rings. The van der Waals surface area contributed by atoms with E-state index in [1.54, 1.807) is 6.08 Å². The van der Waals surface area contributed by atoms with E-state index in [9.17, 15) is 24.5 Å². The summed E-state index contributed by atoms with van der Waals surface area (Å²) in [5.41, 5.74) is 5.34. The summed E-state index contributed by atoms with van der Waals surface area (Å²) < 4.78 is 21.9. The number of allylic oxidation sites excluding steroid dienone is 2. The highest BCUT2D eigenvalue weighted by atomic mass is 31.2. The summed E-state index contributed by atoms with van der Waals surface area (Å²) in [6.45, 7) is 3.88. The zero-order chi connectivity index (χ0) is 36.3. The highest BCUT2D eigenvalue weighted by molar-refractivity contribution is 7.47. The number of phosphoric ester groups is 1. The van der Waals surface area contributed by atoms with E-state index >= 15 is 0 Å². The number of aliphatic hydroxyl groups is 2. The lowest BCUT2D eigenvalue weighted by molar-refractivity contribution is -0.124. The van der Waals surface area contributed by atoms with E-state index in [1.165, 1.54) is 122 Å². The predicted octanol–water partition coefficient (Wildman–Crippen LogP) is 9.58. The van der Waals surface area contributed by atoms with Crippen LogP contribution in [-0.4, -0.2) is 59.0 Å². The van der Waals surface area contributed by atoms with Crippen molar-refractivity contribution in [3.63, 3.8) is 0 Å². The molecule has 6 N–H and O–H groups in total. The highest BCUT2D eigenvalue weighted by Gasteiger charge is 2.27. The van der Waals surface area contributed by atoms with Gasteiger partial charge in [-0.25, -0.2) is 4.57 Å². The van der Waals surface area contributed by atoms with Crippen LogP contribution >= 0.6 is 7.82 Å². The van der Waals surface area contributed by atoms with Crippen LogP contribution in [0.5, 0.6) is 0 Å². The number of carbonyl (C=O) groups excluding carboxylic acids is 1. The van der Waals surface area contributed by atoms with Gasteiger partial charge in [0.05, 0.1) is 37.9 Å². The van der Waals surface area contributed by atoms with E-state index in [1.807, 2.05) is 18.2 Å². The van der Waals surface area contributed by atoms with Crippen LogP contribution in [0.4, 0.5) is 0 Å². The van der Waals surface area contributed by atoms with Crippen molar-refractivity contribution in [3.8, 4) is 0 Å². The molecule has 9 nitrogen and oxygen atoms in total. The van der Waals surface area contributed by atoms with Crippen molar-refractivity contribution in [1.82, 2.24) is 5.32 Å². The SMILES string of the molecule is CCCCCC/C=C\CC(O)CC(=O)NC(COP(=O)(O)OCCN)C(O)/C=C/CCCCCCCCCCCCCCCCCCCC. The topological polar surface area (TPSA) is 151 Å². The van der Waals surface area contributed by atoms with Gasteiger partial charge in [-0.15, -0.1) is 0 Å². The Bertz CT molecular complexity index is 842. The van der Waals surface area contributed by atoms with Gasteiger partial charge in [-0.3, -0.25) is 13.8 Å². The van der Waals surface area contributed by atoms with Crippen molar-refractivity contribution >= 4 is 13.7 Å². The lowest BCUT2D eigenvalue weighted by Crippen LogP contribution is -2.46. The molecule has 0 aliphatic rings. The van der Waals surface area contributed by atoms with Gasteiger partial charge in [0.2, 0.25) is 5.91 Å². The quantitative estimate of drug-likeness (QED) is 0.0242. The van der Waals surface area contributed by atoms with Gasteiger partial charge in [-0.2, -0.15) is 0 Å². The second-order valence-corrected chi connectivity index (χ2v) is 15.1. The van der Waals surface area contributed by atoms with Gasteiger partial charge in [0.15, 0.2) is 0 Å². The summed E-state index contributed by atoms with van der Waals surface area (Å²) in [4.78, 5) is 22.6. The molecular weight excluding hydrogens is 639 g/mol. The second-order valence-electron chi connectivity index (χ2n) is 13.7. The fourth-order valence-corrected chi connectivity index (χ4v) is 6.52. The molecule has 0 aromatic heterocycles. The lowest BCUT2D eigenvalue weighted by Gasteiger charge is -2.23. The number of phosphoric acid groups is 1. The molecule has 1 amide bonds. The standard InChI is InChI=1S/C39H77N2O7P/c1-3-5-7-9-11-12-13-14-15-16-17-18-19-20-21-22-23-25-27-29-31-38(43)37(35-48-49(45,46)47-33-32-40)41-39(44)34-36(42)30-28-26-24-10-8-6-4-2/h26,28-29,31,36-38,42-43H,3-25,27,30,32-35,40H2,1-2H3,(H,41,44)(H,45,46)/b28-26-,31-29+. The van der Waals surface area contributed by atoms with Gasteiger partial charge in [0.1, 0.15) is 0 Å². The molecule has 0 saturated carbocycles. The molecule has 0 heterocycles. The zero-order valence-electron chi connectivity index (χ0n) is 31.5. The van der Waals surface area contributed by atoms with Crippen molar-refractivity contribution < 1.29 is 33.5 Å². The van der Waals surface area contributed by atoms with Crippen LogP contribution in [0.2, 0.25) is 0 Å². The summed E-state index contributed by atoms with van der Waals surface area (Å²) in [5.74, 6) is -0.482. The van der Waals surface area contributed by atoms with Gasteiger partial charge in [0.25, 0.3) is 0 Å². The third-order valence-corrected chi connectivity index (χ3v) is 9.81. The van der Waals surface area contributed by atoms with Gasteiger partial charge in [0, 0.05) is 6.54 Å². The van der Waals surface area contributed by atoms with Crippen molar-refractivity contribution in [1.29, 1.82) is 0 Å². The number of hydrogen-bond donors (Lipinski definition) is 5. The van der Waals surface area contributed by atoms with E-state index in [0.717, 1.165) is 32.1 Å². The summed E-state index contributed by atoms with van der Waals surface area (Å²) >= 11 is 0. The number of amides is 1. The average molecular weight is 717 g/mol. The van der Waals surface area contributed by atoms with E-state index in [2.05, 4.69) is 19.2 Å². The molecule has 0 bridgehead atoms. The minimum absolute atomic E-state index is 0.0456. The third kappa shape index (κ3) is 33.8. The molecule has 0 aliphatic carbocycles. The first kappa shape index (κ1) is 47.9. The van der Waals surface area contributed by atoms with Crippen LogP contribution in [0.25, 0.3) is 0 Å². The maximum atomic E-state index is 12.7. The molecule has 4 unspecified atom stereocenters. The monoisotopic (exact) mass is 717 g/mol. The molecule has 0 aromatic carbocycles. The van der Waals surface area contributed by atoms with E-state index in [-0.39, 0.29) is 19.6 Å². The van der Waals surface area contributed by atoms with Crippen LogP contribution in [0.15, 0.2) is 24.3 Å². The second kappa shape index (κ2) is 35.3. The summed E-state index contributed by atoms with van der Waals surface area (Å²) in [6.07, 6.45) is 35.9. The minimum Gasteiger partial charge on any atom is -0.392 e. The Morgan fingerprint density at radius 2 is 1.14 bits per heavy atom. The summed E-state index contributed by atoms with van der Waals surface area (Å²) in [5, 5.41) is 23.8. The fraction of sp³-hybridized carbons (Fsp3) is 0.872. The zero-order valence-corrected chi connectivity index (χ0v) is 32.4. The summed E-state index contributed by atoms with van der Waals surface area (Å²) in [6, 6.07) is -0.993. The van der Waals surface area contributed by atoms with Gasteiger partial charge < -0.3 is 26.2 Å². The van der Waals surface area contributed by atoms with Crippen molar-refractivity contribution in [2.45, 2.75) is 199 Å². The smallest absolute Gasteiger partial charge is 0.392 e. The van der Waals surface area contributed by atoms with Gasteiger partial charge in [-0.05, 0) is 32.1 Å². The van der Waals surface area contributed by atoms with Crippen LogP contribution < -0.4 is 11.1 Å². The molecule has 0 aromatic rings. The average Bonchev–Trinajstić information content (AvgIpc) is 3.07. The Morgan fingerprint density at radius 1 is 0.694 bits per heavy atom. The predicted molar refractivity (Wildman–Crippen MR) is 204 cm³/mol. The molecule has 10 heteroatoms. The van der Waals surface area contributed by atoms with Crippen LogP contribution in [0.3, 0.4) is 0 Å². The first-order valence-electron chi connectivity index (χ1n) is 20.0. The molecule has 0 spiro atoms. The molecular formula is C39H77N2O7P. The number of nitrogens with one attached hydrogen (secondary N) is 1. The molecule has 0 radical (unpaired) electrons. The van der Waals surface area contributed by atoms with Crippen LogP contribution in [0.1, 0.15) is 181 Å². The Labute approximate surface area is 300 Å². The van der Waals surface area contributed by atoms with Crippen molar-refractivity contribution in [2.24, 2.45) is 5.73 Å². The van der Waals surface area contributed by atoms with Crippen molar-refractivity contribution in [3.05, 3.63) is 24.3 Å². The Morgan fingerprint density at radius 3 is 1.63 bits per heavy atom. The first-order valence-corrected chi connectivity index (χ1v) is 21.5. The van der Waals surface area contributed by atoms with Crippen LogP contribution in [-0.2, 0) is 18.4 Å². The fourth-order valence-electron chi connectivity index (χ4n) is 5.76. The van der Waals surface area contributed by atoms with Crippen molar-refractivity contribution in [2.75, 3.05) is 19.8 Å². The van der Waals surface area contributed by atoms with E-state index < -0.39 is 38.6 Å². The number of nitrogens with two attached hydrogens (primary N) is 1. The lowest BCUT2D eigenvalue weighted by atomic mass is 10.0. The van der Waals surface area contributed by atoms with E-state index in [0.29, 0.717) is 6.42 Å². The number of aliphatic hydroxyl groups excluding tert-OH is 2. The Balaban J connectivity index is 4.30. The Kier molecular flexibility index (Phi) is 34.6.